The number of anilines is 2. The average Bonchev–Trinajstić information content (AvgIpc) is 2.58. The van der Waals surface area contributed by atoms with E-state index >= 15 is 0 Å². The Hall–Kier alpha value is -1.57. The standard InChI is InChI=1S/C11H11F3N2O2S/c12-11(13,14)18-6-1-2-8(15)9(3-6)16-5-7(19)4-10(16)17/h1-3,7,19H,4-5,15H2. The van der Waals surface area contributed by atoms with Crippen LogP contribution in [0.1, 0.15) is 6.42 Å². The molecule has 1 fully saturated rings. The largest absolute Gasteiger partial charge is 0.573 e. The van der Waals surface area contributed by atoms with Gasteiger partial charge in [-0.3, -0.25) is 4.79 Å². The second-order valence-electron chi connectivity index (χ2n) is 4.13. The highest BCUT2D eigenvalue weighted by molar-refractivity contribution is 7.81. The minimum Gasteiger partial charge on any atom is -0.406 e. The van der Waals surface area contributed by atoms with E-state index in [2.05, 4.69) is 17.4 Å². The summed E-state index contributed by atoms with van der Waals surface area (Å²) in [5.41, 5.74) is 6.11. The van der Waals surface area contributed by atoms with E-state index in [1.807, 2.05) is 0 Å². The summed E-state index contributed by atoms with van der Waals surface area (Å²) in [5, 5.41) is -0.154. The fourth-order valence-electron chi connectivity index (χ4n) is 1.88. The predicted octanol–water partition coefficient (Wildman–Crippen LogP) is 2.20. The van der Waals surface area contributed by atoms with Crippen molar-refractivity contribution in [3.63, 3.8) is 0 Å². The molecule has 1 aliphatic heterocycles. The molecule has 1 amide bonds. The van der Waals surface area contributed by atoms with Crippen LogP contribution in [0.2, 0.25) is 0 Å². The smallest absolute Gasteiger partial charge is 0.406 e. The van der Waals surface area contributed by atoms with Crippen molar-refractivity contribution >= 4 is 29.9 Å². The summed E-state index contributed by atoms with van der Waals surface area (Å²) in [6.45, 7) is 0.307. The Labute approximate surface area is 112 Å². The maximum absolute atomic E-state index is 12.1. The summed E-state index contributed by atoms with van der Waals surface area (Å²) in [4.78, 5) is 13.0. The number of hydrogen-bond donors (Lipinski definition) is 2. The van der Waals surface area contributed by atoms with Gasteiger partial charge in [0, 0.05) is 24.3 Å². The summed E-state index contributed by atoms with van der Waals surface area (Å²) in [6, 6.07) is 3.48. The summed E-state index contributed by atoms with van der Waals surface area (Å²) < 4.78 is 40.2. The van der Waals surface area contributed by atoms with Crippen molar-refractivity contribution in [1.29, 1.82) is 0 Å². The van der Waals surface area contributed by atoms with Crippen molar-refractivity contribution in [2.24, 2.45) is 0 Å². The van der Waals surface area contributed by atoms with Crippen LogP contribution < -0.4 is 15.4 Å². The van der Waals surface area contributed by atoms with Crippen molar-refractivity contribution in [2.75, 3.05) is 17.2 Å². The van der Waals surface area contributed by atoms with E-state index in [4.69, 9.17) is 5.73 Å². The number of nitrogens with zero attached hydrogens (tertiary/aromatic N) is 1. The first kappa shape index (κ1) is 13.9. The summed E-state index contributed by atoms with van der Waals surface area (Å²) in [5.74, 6) is -0.636. The molecular formula is C11H11F3N2O2S. The molecule has 2 rings (SSSR count). The molecule has 1 atom stereocenters. The van der Waals surface area contributed by atoms with Crippen LogP contribution in [0.25, 0.3) is 0 Å². The van der Waals surface area contributed by atoms with Crippen molar-refractivity contribution in [1.82, 2.24) is 0 Å². The molecule has 0 saturated carbocycles. The van der Waals surface area contributed by atoms with Gasteiger partial charge >= 0.3 is 6.36 Å². The van der Waals surface area contributed by atoms with E-state index in [-0.39, 0.29) is 29.0 Å². The van der Waals surface area contributed by atoms with Crippen molar-refractivity contribution < 1.29 is 22.7 Å². The van der Waals surface area contributed by atoms with Crippen LogP contribution in [-0.4, -0.2) is 24.1 Å². The Morgan fingerprint density at radius 3 is 2.63 bits per heavy atom. The quantitative estimate of drug-likeness (QED) is 0.649. The monoisotopic (exact) mass is 292 g/mol. The van der Waals surface area contributed by atoms with Gasteiger partial charge in [0.15, 0.2) is 0 Å². The molecule has 2 N–H and O–H groups in total. The highest BCUT2D eigenvalue weighted by Gasteiger charge is 2.33. The number of ether oxygens (including phenoxy) is 1. The topological polar surface area (TPSA) is 55.6 Å². The number of alkyl halides is 3. The van der Waals surface area contributed by atoms with Crippen LogP contribution in [0.4, 0.5) is 24.5 Å². The minimum atomic E-state index is -4.78. The molecule has 8 heteroatoms. The third kappa shape index (κ3) is 3.25. The van der Waals surface area contributed by atoms with Crippen LogP contribution in [0.3, 0.4) is 0 Å². The first-order valence-electron chi connectivity index (χ1n) is 5.40. The van der Waals surface area contributed by atoms with E-state index in [0.29, 0.717) is 6.54 Å². The molecule has 1 saturated heterocycles. The first-order chi connectivity index (χ1) is 8.76. The summed E-state index contributed by atoms with van der Waals surface area (Å²) in [6.07, 6.45) is -4.55. The van der Waals surface area contributed by atoms with Gasteiger partial charge in [0.1, 0.15) is 5.75 Å². The Kier molecular flexibility index (Phi) is 3.53. The minimum absolute atomic E-state index is 0.154. The zero-order chi connectivity index (χ0) is 14.2. The fraction of sp³-hybridized carbons (Fsp3) is 0.364. The van der Waals surface area contributed by atoms with E-state index in [1.54, 1.807) is 0 Å². The number of amides is 1. The molecule has 104 valence electrons. The van der Waals surface area contributed by atoms with Crippen LogP contribution in [-0.2, 0) is 4.79 Å². The summed E-state index contributed by atoms with van der Waals surface area (Å²) >= 11 is 4.18. The van der Waals surface area contributed by atoms with Crippen molar-refractivity contribution in [2.45, 2.75) is 18.0 Å². The van der Waals surface area contributed by atoms with Gasteiger partial charge in [-0.1, -0.05) is 0 Å². The Morgan fingerprint density at radius 1 is 1.42 bits per heavy atom. The first-order valence-corrected chi connectivity index (χ1v) is 5.91. The molecular weight excluding hydrogens is 281 g/mol. The molecule has 1 unspecified atom stereocenters. The average molecular weight is 292 g/mol. The normalized spacial score (nSPS) is 19.9. The van der Waals surface area contributed by atoms with Crippen LogP contribution in [0.5, 0.6) is 5.75 Å². The fourth-order valence-corrected chi connectivity index (χ4v) is 2.20. The van der Waals surface area contributed by atoms with Gasteiger partial charge in [-0.05, 0) is 12.1 Å². The Bertz CT molecular complexity index is 507. The lowest BCUT2D eigenvalue weighted by Gasteiger charge is -2.19. The van der Waals surface area contributed by atoms with Crippen molar-refractivity contribution in [3.8, 4) is 5.75 Å². The third-order valence-electron chi connectivity index (χ3n) is 2.63. The molecule has 0 aromatic heterocycles. The Morgan fingerprint density at radius 2 is 2.11 bits per heavy atom. The van der Waals surface area contributed by atoms with Gasteiger partial charge in [0.25, 0.3) is 0 Å². The van der Waals surface area contributed by atoms with Crippen LogP contribution >= 0.6 is 12.6 Å². The maximum atomic E-state index is 12.1. The van der Waals surface area contributed by atoms with Crippen LogP contribution in [0, 0.1) is 0 Å². The molecule has 19 heavy (non-hydrogen) atoms. The van der Waals surface area contributed by atoms with Gasteiger partial charge in [-0.2, -0.15) is 12.6 Å². The zero-order valence-corrected chi connectivity index (χ0v) is 10.5. The van der Waals surface area contributed by atoms with Gasteiger partial charge < -0.3 is 15.4 Å². The Balaban J connectivity index is 2.30. The number of nitrogens with two attached hydrogens (primary N) is 1. The molecule has 1 aromatic rings. The number of halogens is 3. The second-order valence-corrected chi connectivity index (χ2v) is 4.86. The molecule has 0 aliphatic carbocycles. The van der Waals surface area contributed by atoms with Gasteiger partial charge in [0.2, 0.25) is 5.91 Å². The lowest BCUT2D eigenvalue weighted by molar-refractivity contribution is -0.274. The molecule has 1 aliphatic rings. The SMILES string of the molecule is Nc1ccc(OC(F)(F)F)cc1N1CC(S)CC1=O. The number of carbonyl (C=O) groups excluding carboxylic acids is 1. The number of nitrogen functional groups attached to an aromatic ring is 1. The second kappa shape index (κ2) is 4.84. The van der Waals surface area contributed by atoms with E-state index in [0.717, 1.165) is 12.1 Å². The van der Waals surface area contributed by atoms with Crippen molar-refractivity contribution in [3.05, 3.63) is 18.2 Å². The highest BCUT2D eigenvalue weighted by atomic mass is 32.1. The zero-order valence-electron chi connectivity index (χ0n) is 9.65. The van der Waals surface area contributed by atoms with Gasteiger partial charge in [-0.15, -0.1) is 13.2 Å². The molecule has 1 heterocycles. The molecule has 1 aromatic carbocycles. The lowest BCUT2D eigenvalue weighted by atomic mass is 10.2. The summed E-state index contributed by atoms with van der Waals surface area (Å²) in [7, 11) is 0. The molecule has 0 bridgehead atoms. The number of hydrogen-bond acceptors (Lipinski definition) is 4. The number of rotatable bonds is 2. The lowest BCUT2D eigenvalue weighted by Crippen LogP contribution is -2.26. The molecule has 0 radical (unpaired) electrons. The van der Waals surface area contributed by atoms with E-state index < -0.39 is 12.1 Å². The van der Waals surface area contributed by atoms with E-state index in [9.17, 15) is 18.0 Å². The number of benzene rings is 1. The number of carbonyl (C=O) groups is 1. The van der Waals surface area contributed by atoms with Gasteiger partial charge in [-0.25, -0.2) is 0 Å². The number of thiol groups is 1. The maximum Gasteiger partial charge on any atom is 0.573 e. The van der Waals surface area contributed by atoms with Crippen LogP contribution in [0.15, 0.2) is 18.2 Å². The highest BCUT2D eigenvalue weighted by Crippen LogP contribution is 2.34. The molecule has 4 nitrogen and oxygen atoms in total. The third-order valence-corrected chi connectivity index (χ3v) is 2.98. The van der Waals surface area contributed by atoms with E-state index in [1.165, 1.54) is 11.0 Å². The molecule has 0 spiro atoms. The van der Waals surface area contributed by atoms with Gasteiger partial charge in [0.05, 0.1) is 11.4 Å². The predicted molar refractivity (Wildman–Crippen MR) is 67.3 cm³/mol.